The van der Waals surface area contributed by atoms with Crippen molar-refractivity contribution in [3.8, 4) is 0 Å². The minimum atomic E-state index is 0.787. The molecule has 0 radical (unpaired) electrons. The summed E-state index contributed by atoms with van der Waals surface area (Å²) in [6.07, 6.45) is 4.70. The van der Waals surface area contributed by atoms with E-state index in [1.54, 1.807) is 0 Å². The first-order valence-corrected chi connectivity index (χ1v) is 6.14. The van der Waals surface area contributed by atoms with Gasteiger partial charge in [0.05, 0.1) is 0 Å². The molecular weight excluding hydrogens is 224 g/mol. The van der Waals surface area contributed by atoms with E-state index in [-0.39, 0.29) is 0 Å². The van der Waals surface area contributed by atoms with E-state index in [1.165, 1.54) is 11.1 Å². The normalized spacial score (nSPS) is 14.4. The molecule has 1 aliphatic rings. The standard InChI is InChI=1S/C14H16N4/c1-10-7-16-14(17-8-10)18-6-5-11-3-2-4-13(15)12(11)9-18/h2-4,7-8H,5-6,9,15H2,1H3. The van der Waals surface area contributed by atoms with Crippen LogP contribution in [0.1, 0.15) is 16.7 Å². The minimum Gasteiger partial charge on any atom is -0.398 e. The highest BCUT2D eigenvalue weighted by atomic mass is 15.2. The van der Waals surface area contributed by atoms with Crippen molar-refractivity contribution in [2.75, 3.05) is 17.2 Å². The van der Waals surface area contributed by atoms with E-state index < -0.39 is 0 Å². The number of hydrogen-bond acceptors (Lipinski definition) is 4. The van der Waals surface area contributed by atoms with E-state index in [1.807, 2.05) is 31.5 Å². The molecule has 2 N–H and O–H groups in total. The SMILES string of the molecule is Cc1cnc(N2CCc3cccc(N)c3C2)nc1. The van der Waals surface area contributed by atoms with Crippen LogP contribution in [0.5, 0.6) is 0 Å². The van der Waals surface area contributed by atoms with Gasteiger partial charge in [-0.05, 0) is 36.1 Å². The molecule has 0 unspecified atom stereocenters. The van der Waals surface area contributed by atoms with Crippen LogP contribution in [-0.2, 0) is 13.0 Å². The average molecular weight is 240 g/mol. The van der Waals surface area contributed by atoms with E-state index >= 15 is 0 Å². The minimum absolute atomic E-state index is 0.787. The molecule has 2 heterocycles. The first-order valence-electron chi connectivity index (χ1n) is 6.14. The van der Waals surface area contributed by atoms with Crippen LogP contribution < -0.4 is 10.6 Å². The third-order valence-electron chi connectivity index (χ3n) is 3.36. The number of nitrogens with zero attached hydrogens (tertiary/aromatic N) is 3. The van der Waals surface area contributed by atoms with E-state index in [0.717, 1.165) is 36.7 Å². The zero-order valence-corrected chi connectivity index (χ0v) is 10.4. The quantitative estimate of drug-likeness (QED) is 0.774. The Balaban J connectivity index is 1.90. The second-order valence-corrected chi connectivity index (χ2v) is 4.72. The van der Waals surface area contributed by atoms with Crippen molar-refractivity contribution in [1.82, 2.24) is 9.97 Å². The van der Waals surface area contributed by atoms with E-state index in [0.29, 0.717) is 0 Å². The van der Waals surface area contributed by atoms with Crippen LogP contribution in [0.2, 0.25) is 0 Å². The van der Waals surface area contributed by atoms with E-state index in [9.17, 15) is 0 Å². The van der Waals surface area contributed by atoms with Crippen molar-refractivity contribution >= 4 is 11.6 Å². The number of nitrogen functional groups attached to an aromatic ring is 1. The molecule has 0 saturated carbocycles. The summed E-state index contributed by atoms with van der Waals surface area (Å²) in [6.45, 7) is 3.73. The van der Waals surface area contributed by atoms with Crippen LogP contribution >= 0.6 is 0 Å². The highest BCUT2D eigenvalue weighted by Crippen LogP contribution is 2.26. The fraction of sp³-hybridized carbons (Fsp3) is 0.286. The summed E-state index contributed by atoms with van der Waals surface area (Å²) in [6, 6.07) is 6.13. The molecule has 0 saturated heterocycles. The Morgan fingerprint density at radius 3 is 2.78 bits per heavy atom. The van der Waals surface area contributed by atoms with Gasteiger partial charge in [0.2, 0.25) is 5.95 Å². The number of anilines is 2. The van der Waals surface area contributed by atoms with Gasteiger partial charge < -0.3 is 10.6 Å². The molecule has 4 nitrogen and oxygen atoms in total. The van der Waals surface area contributed by atoms with Gasteiger partial charge >= 0.3 is 0 Å². The van der Waals surface area contributed by atoms with Crippen LogP contribution in [-0.4, -0.2) is 16.5 Å². The average Bonchev–Trinajstić information content (AvgIpc) is 2.40. The predicted molar refractivity (Wildman–Crippen MR) is 72.4 cm³/mol. The molecule has 0 aliphatic carbocycles. The molecule has 0 atom stereocenters. The Hall–Kier alpha value is -2.10. The van der Waals surface area contributed by atoms with Gasteiger partial charge in [0.25, 0.3) is 0 Å². The number of rotatable bonds is 1. The number of fused-ring (bicyclic) bond motifs is 1. The first-order chi connectivity index (χ1) is 8.74. The summed E-state index contributed by atoms with van der Waals surface area (Å²) in [5.74, 6) is 0.787. The number of aromatic nitrogens is 2. The smallest absolute Gasteiger partial charge is 0.225 e. The maximum absolute atomic E-state index is 6.04. The molecule has 18 heavy (non-hydrogen) atoms. The lowest BCUT2D eigenvalue weighted by Crippen LogP contribution is -2.32. The molecule has 1 aliphatic heterocycles. The summed E-state index contributed by atoms with van der Waals surface area (Å²) in [7, 11) is 0. The Bertz CT molecular complexity index is 563. The summed E-state index contributed by atoms with van der Waals surface area (Å²) in [5, 5.41) is 0. The largest absolute Gasteiger partial charge is 0.398 e. The predicted octanol–water partition coefficient (Wildman–Crippen LogP) is 1.93. The highest BCUT2D eigenvalue weighted by molar-refractivity contribution is 5.54. The maximum atomic E-state index is 6.04. The van der Waals surface area contributed by atoms with Gasteiger partial charge in [0.1, 0.15) is 0 Å². The molecular formula is C14H16N4. The van der Waals surface area contributed by atoms with Crippen molar-refractivity contribution in [3.63, 3.8) is 0 Å². The third kappa shape index (κ3) is 1.90. The molecule has 2 aromatic rings. The molecule has 0 spiro atoms. The molecule has 0 fully saturated rings. The lowest BCUT2D eigenvalue weighted by molar-refractivity contribution is 0.708. The van der Waals surface area contributed by atoms with Crippen LogP contribution in [0.4, 0.5) is 11.6 Å². The summed E-state index contributed by atoms with van der Waals surface area (Å²) < 4.78 is 0. The number of benzene rings is 1. The van der Waals surface area contributed by atoms with Gasteiger partial charge in [-0.2, -0.15) is 0 Å². The zero-order valence-electron chi connectivity index (χ0n) is 10.4. The molecule has 0 amide bonds. The van der Waals surface area contributed by atoms with Crippen LogP contribution in [0.25, 0.3) is 0 Å². The fourth-order valence-corrected chi connectivity index (χ4v) is 2.33. The molecule has 92 valence electrons. The second-order valence-electron chi connectivity index (χ2n) is 4.72. The molecule has 1 aromatic heterocycles. The van der Waals surface area contributed by atoms with Crippen molar-refractivity contribution in [2.45, 2.75) is 19.9 Å². The lowest BCUT2D eigenvalue weighted by atomic mass is 9.98. The van der Waals surface area contributed by atoms with Crippen LogP contribution in [0.3, 0.4) is 0 Å². The number of aryl methyl sites for hydroxylation is 1. The zero-order chi connectivity index (χ0) is 12.5. The van der Waals surface area contributed by atoms with Gasteiger partial charge in [0.15, 0.2) is 0 Å². The molecule has 4 heteroatoms. The summed E-state index contributed by atoms with van der Waals surface area (Å²) >= 11 is 0. The van der Waals surface area contributed by atoms with Crippen molar-refractivity contribution in [3.05, 3.63) is 47.3 Å². The van der Waals surface area contributed by atoms with Crippen molar-refractivity contribution in [2.24, 2.45) is 0 Å². The van der Waals surface area contributed by atoms with E-state index in [4.69, 9.17) is 5.73 Å². The summed E-state index contributed by atoms with van der Waals surface area (Å²) in [5.41, 5.74) is 10.5. The lowest BCUT2D eigenvalue weighted by Gasteiger charge is -2.29. The second kappa shape index (κ2) is 4.29. The molecule has 1 aromatic carbocycles. The molecule has 3 rings (SSSR count). The topological polar surface area (TPSA) is 55.0 Å². The monoisotopic (exact) mass is 240 g/mol. The number of hydrogen-bond donors (Lipinski definition) is 1. The van der Waals surface area contributed by atoms with E-state index in [2.05, 4.69) is 20.9 Å². The fourth-order valence-electron chi connectivity index (χ4n) is 2.33. The van der Waals surface area contributed by atoms with Gasteiger partial charge in [-0.25, -0.2) is 9.97 Å². The van der Waals surface area contributed by atoms with Gasteiger partial charge in [-0.15, -0.1) is 0 Å². The van der Waals surface area contributed by atoms with Crippen molar-refractivity contribution < 1.29 is 0 Å². The maximum Gasteiger partial charge on any atom is 0.225 e. The Morgan fingerprint density at radius 2 is 2.00 bits per heavy atom. The Labute approximate surface area is 106 Å². The number of nitrogens with two attached hydrogens (primary N) is 1. The third-order valence-corrected chi connectivity index (χ3v) is 3.36. The molecule has 0 bridgehead atoms. The first kappa shape index (κ1) is 11.0. The van der Waals surface area contributed by atoms with Gasteiger partial charge in [-0.3, -0.25) is 0 Å². The highest BCUT2D eigenvalue weighted by Gasteiger charge is 2.19. The van der Waals surface area contributed by atoms with Crippen LogP contribution in [0, 0.1) is 6.92 Å². The van der Waals surface area contributed by atoms with Gasteiger partial charge in [0, 0.05) is 31.2 Å². The Kier molecular flexibility index (Phi) is 2.63. The Morgan fingerprint density at radius 1 is 1.22 bits per heavy atom. The van der Waals surface area contributed by atoms with Crippen molar-refractivity contribution in [1.29, 1.82) is 0 Å². The van der Waals surface area contributed by atoms with Crippen LogP contribution in [0.15, 0.2) is 30.6 Å². The summed E-state index contributed by atoms with van der Waals surface area (Å²) in [4.78, 5) is 10.9. The van der Waals surface area contributed by atoms with Gasteiger partial charge in [-0.1, -0.05) is 12.1 Å².